The second kappa shape index (κ2) is 9.67. The molecule has 0 bridgehead atoms. The zero-order valence-corrected chi connectivity index (χ0v) is 23.2. The van der Waals surface area contributed by atoms with Crippen LogP contribution in [0.15, 0.2) is 127 Å². The number of nitrogens with zero attached hydrogens (tertiary/aromatic N) is 3. The van der Waals surface area contributed by atoms with E-state index in [0.29, 0.717) is 0 Å². The Hall–Kier alpha value is -4.07. The van der Waals surface area contributed by atoms with Gasteiger partial charge in [-0.25, -0.2) is 0 Å². The first-order valence-electron chi connectivity index (χ1n) is 13.0. The number of para-hydroxylation sites is 3. The molecule has 6 aromatic rings. The molecule has 4 heteroatoms. The minimum absolute atomic E-state index is 0.0678. The lowest BCUT2D eigenvalue weighted by atomic mass is 10.1. The highest BCUT2D eigenvalue weighted by molar-refractivity contribution is 7.19. The van der Waals surface area contributed by atoms with E-state index in [0.717, 1.165) is 28.4 Å². The summed E-state index contributed by atoms with van der Waals surface area (Å²) in [5.74, 6) is 0. The van der Waals surface area contributed by atoms with Gasteiger partial charge in [0.15, 0.2) is 0 Å². The molecule has 0 amide bonds. The van der Waals surface area contributed by atoms with Crippen molar-refractivity contribution in [3.8, 4) is 0 Å². The van der Waals surface area contributed by atoms with E-state index in [4.69, 9.17) is 0 Å². The fourth-order valence-corrected chi connectivity index (χ4v) is 5.68. The van der Waals surface area contributed by atoms with Crippen LogP contribution in [0.25, 0.3) is 21.8 Å². The molecule has 0 saturated carbocycles. The Kier molecular flexibility index (Phi) is 6.18. The van der Waals surface area contributed by atoms with Gasteiger partial charge in [-0.1, -0.05) is 54.6 Å². The van der Waals surface area contributed by atoms with Gasteiger partial charge in [0.1, 0.15) is 0 Å². The second-order valence-electron chi connectivity index (χ2n) is 10.6. The van der Waals surface area contributed by atoms with Crippen LogP contribution in [-0.4, -0.2) is 4.57 Å². The molecule has 1 atom stereocenters. The van der Waals surface area contributed by atoms with E-state index in [-0.39, 0.29) is 5.54 Å². The summed E-state index contributed by atoms with van der Waals surface area (Å²) >= 11 is 0. The smallest absolute Gasteiger partial charge is 0.0497 e. The van der Waals surface area contributed by atoms with Crippen molar-refractivity contribution in [3.63, 3.8) is 0 Å². The van der Waals surface area contributed by atoms with Gasteiger partial charge in [-0.05, 0) is 103 Å². The van der Waals surface area contributed by atoms with E-state index < -0.39 is 0 Å². The highest BCUT2D eigenvalue weighted by Gasteiger charge is 2.22. The van der Waals surface area contributed by atoms with E-state index in [2.05, 4.69) is 172 Å². The zero-order chi connectivity index (χ0) is 26.3. The molecule has 0 fully saturated rings. The molecule has 1 unspecified atom stereocenters. The third kappa shape index (κ3) is 4.34. The molecule has 5 aromatic carbocycles. The average Bonchev–Trinajstić information content (AvgIpc) is 3.28. The van der Waals surface area contributed by atoms with Gasteiger partial charge in [0, 0.05) is 55.8 Å². The van der Waals surface area contributed by atoms with Crippen molar-refractivity contribution < 1.29 is 0 Å². The minimum atomic E-state index is -0.0678. The number of aromatic nitrogens is 1. The lowest BCUT2D eigenvalue weighted by Crippen LogP contribution is -2.21. The zero-order valence-electron chi connectivity index (χ0n) is 22.0. The topological polar surface area (TPSA) is 11.4 Å². The van der Waals surface area contributed by atoms with Crippen LogP contribution in [0.3, 0.4) is 0 Å². The molecule has 38 heavy (non-hydrogen) atoms. The number of hydrogen-bond acceptors (Lipinski definition) is 2. The van der Waals surface area contributed by atoms with Gasteiger partial charge in [-0.2, -0.15) is 0 Å². The summed E-state index contributed by atoms with van der Waals surface area (Å²) in [7, 11) is 2.88. The number of fused-ring (bicyclic) bond motifs is 3. The highest BCUT2D eigenvalue weighted by Crippen LogP contribution is 2.42. The van der Waals surface area contributed by atoms with Crippen molar-refractivity contribution in [2.24, 2.45) is 0 Å². The molecule has 0 aliphatic heterocycles. The molecule has 3 nitrogen and oxygen atoms in total. The largest absolute Gasteiger partial charge is 0.335 e. The molecule has 188 valence electrons. The van der Waals surface area contributed by atoms with Crippen LogP contribution >= 0.6 is 9.39 Å². The predicted octanol–water partition coefficient (Wildman–Crippen LogP) is 9.95. The normalized spacial score (nSPS) is 11.7. The summed E-state index contributed by atoms with van der Waals surface area (Å²) < 4.78 is 4.64. The van der Waals surface area contributed by atoms with E-state index in [9.17, 15) is 0 Å². The molecule has 0 N–H and O–H groups in total. The Bertz CT molecular complexity index is 1660. The third-order valence-corrected chi connectivity index (χ3v) is 7.60. The summed E-state index contributed by atoms with van der Waals surface area (Å²) in [6.45, 7) is 6.83. The van der Waals surface area contributed by atoms with Crippen LogP contribution in [0.5, 0.6) is 0 Å². The SMILES string of the molecule is CC(C)(C)n1c2ccc(N(P)c3ccccc3)cc2c2cc(N(c3ccccc3)c3ccccc3)ccc21. The molecule has 0 spiro atoms. The van der Waals surface area contributed by atoms with Gasteiger partial charge in [0.2, 0.25) is 0 Å². The van der Waals surface area contributed by atoms with Gasteiger partial charge in [0.25, 0.3) is 0 Å². The maximum atomic E-state index is 2.88. The first-order chi connectivity index (χ1) is 18.4. The second-order valence-corrected chi connectivity index (χ2v) is 11.1. The minimum Gasteiger partial charge on any atom is -0.335 e. The Morgan fingerprint density at radius 2 is 0.921 bits per heavy atom. The molecule has 0 aliphatic carbocycles. The van der Waals surface area contributed by atoms with Gasteiger partial charge in [0.05, 0.1) is 0 Å². The fourth-order valence-electron chi connectivity index (χ4n) is 5.35. The summed E-state index contributed by atoms with van der Waals surface area (Å²) in [4.78, 5) is 2.33. The van der Waals surface area contributed by atoms with Crippen molar-refractivity contribution in [3.05, 3.63) is 127 Å². The summed E-state index contributed by atoms with van der Waals surface area (Å²) in [6.07, 6.45) is 0. The van der Waals surface area contributed by atoms with E-state index in [1.165, 1.54) is 21.8 Å². The number of hydrogen-bond donors (Lipinski definition) is 0. The Morgan fingerprint density at radius 1 is 0.500 bits per heavy atom. The van der Waals surface area contributed by atoms with Crippen LogP contribution < -0.4 is 9.57 Å². The number of benzene rings is 5. The molecule has 0 aliphatic rings. The lowest BCUT2D eigenvalue weighted by Gasteiger charge is -2.26. The van der Waals surface area contributed by atoms with Crippen LogP contribution in [-0.2, 0) is 5.54 Å². The molecule has 1 aromatic heterocycles. The van der Waals surface area contributed by atoms with Crippen LogP contribution in [0.4, 0.5) is 28.4 Å². The van der Waals surface area contributed by atoms with Crippen molar-refractivity contribution in [2.75, 3.05) is 9.57 Å². The van der Waals surface area contributed by atoms with Crippen LogP contribution in [0.1, 0.15) is 20.8 Å². The maximum Gasteiger partial charge on any atom is 0.0497 e. The van der Waals surface area contributed by atoms with Gasteiger partial charge >= 0.3 is 0 Å². The van der Waals surface area contributed by atoms with Crippen molar-refractivity contribution in [1.29, 1.82) is 0 Å². The highest BCUT2D eigenvalue weighted by atomic mass is 31.0. The van der Waals surface area contributed by atoms with E-state index in [1.807, 2.05) is 0 Å². The Balaban J connectivity index is 1.59. The standard InChI is InChI=1S/C34H32N3P/c1-34(2,3)36-32-21-19-28(35(25-13-7-4-8-14-25)26-15-9-5-10-16-26)23-30(32)31-24-29(20-22-33(31)36)37(38)27-17-11-6-12-18-27/h4-24H,38H2,1-3H3. The summed E-state index contributed by atoms with van der Waals surface area (Å²) in [5, 5.41) is 2.50. The summed E-state index contributed by atoms with van der Waals surface area (Å²) in [6, 6.07) is 45.3. The van der Waals surface area contributed by atoms with Crippen molar-refractivity contribution >= 4 is 59.6 Å². The van der Waals surface area contributed by atoms with Gasteiger partial charge < -0.3 is 14.1 Å². The fraction of sp³-hybridized carbons (Fsp3) is 0.118. The quantitative estimate of drug-likeness (QED) is 0.213. The molecular formula is C34H32N3P. The van der Waals surface area contributed by atoms with Crippen LogP contribution in [0, 0.1) is 0 Å². The average molecular weight is 514 g/mol. The van der Waals surface area contributed by atoms with Gasteiger partial charge in [-0.15, -0.1) is 0 Å². The number of rotatable bonds is 5. The first kappa shape index (κ1) is 24.3. The monoisotopic (exact) mass is 513 g/mol. The maximum absolute atomic E-state index is 2.88. The molecule has 6 rings (SSSR count). The van der Waals surface area contributed by atoms with Gasteiger partial charge in [-0.3, -0.25) is 0 Å². The Labute approximate surface area is 227 Å². The van der Waals surface area contributed by atoms with Crippen LogP contribution in [0.2, 0.25) is 0 Å². The first-order valence-corrected chi connectivity index (χ1v) is 13.5. The van der Waals surface area contributed by atoms with E-state index in [1.54, 1.807) is 0 Å². The van der Waals surface area contributed by atoms with Crippen molar-refractivity contribution in [2.45, 2.75) is 26.3 Å². The van der Waals surface area contributed by atoms with Crippen molar-refractivity contribution in [1.82, 2.24) is 4.57 Å². The summed E-state index contributed by atoms with van der Waals surface area (Å²) in [5.41, 5.74) is 8.10. The molecule has 0 radical (unpaired) electrons. The lowest BCUT2D eigenvalue weighted by molar-refractivity contribution is 0.423. The Morgan fingerprint density at radius 3 is 1.39 bits per heavy atom. The molecular weight excluding hydrogens is 481 g/mol. The number of anilines is 5. The molecule has 0 saturated heterocycles. The predicted molar refractivity (Wildman–Crippen MR) is 167 cm³/mol. The molecule has 1 heterocycles. The van der Waals surface area contributed by atoms with E-state index >= 15 is 0 Å². The third-order valence-electron chi connectivity index (χ3n) is 7.00.